The van der Waals surface area contributed by atoms with Gasteiger partial charge in [-0.3, -0.25) is 4.79 Å². The molecule has 1 aliphatic heterocycles. The van der Waals surface area contributed by atoms with Crippen molar-refractivity contribution in [3.05, 3.63) is 0 Å². The van der Waals surface area contributed by atoms with Crippen LogP contribution in [0, 0.1) is 0 Å². The van der Waals surface area contributed by atoms with Crippen LogP contribution in [0.25, 0.3) is 0 Å². The number of esters is 1. The van der Waals surface area contributed by atoms with Gasteiger partial charge < -0.3 is 14.2 Å². The molecular weight excluding hydrogens is 196 g/mol. The molecule has 5 heteroatoms. The molecular formula is C8H13ClO4. The van der Waals surface area contributed by atoms with E-state index in [1.54, 1.807) is 6.92 Å². The molecule has 0 amide bonds. The molecule has 0 aromatic heterocycles. The molecule has 2 atom stereocenters. The third kappa shape index (κ3) is 2.83. The summed E-state index contributed by atoms with van der Waals surface area (Å²) in [5.74, 6) is -0.846. The predicted octanol–water partition coefficient (Wildman–Crippen LogP) is 0.920. The second-order valence-electron chi connectivity index (χ2n) is 3.09. The summed E-state index contributed by atoms with van der Waals surface area (Å²) in [6, 6.07) is 0. The zero-order valence-electron chi connectivity index (χ0n) is 7.71. The molecule has 0 N–H and O–H groups in total. The van der Waals surface area contributed by atoms with E-state index in [1.165, 1.54) is 7.11 Å². The van der Waals surface area contributed by atoms with Crippen molar-refractivity contribution < 1.29 is 19.0 Å². The average Bonchev–Trinajstić information content (AvgIpc) is 2.47. The second kappa shape index (κ2) is 4.26. The number of carbonyl (C=O) groups excluding carboxylic acids is 1. The molecule has 0 saturated carbocycles. The number of hydrogen-bond acceptors (Lipinski definition) is 4. The number of methoxy groups -OCH3 is 1. The maximum Gasteiger partial charge on any atom is 0.310 e. The van der Waals surface area contributed by atoms with E-state index in [1.807, 2.05) is 0 Å². The molecule has 0 radical (unpaired) electrons. The Bertz CT molecular complexity index is 197. The van der Waals surface area contributed by atoms with Crippen LogP contribution in [0.3, 0.4) is 0 Å². The van der Waals surface area contributed by atoms with Crippen LogP contribution in [-0.2, 0) is 19.0 Å². The fraction of sp³-hybridized carbons (Fsp3) is 0.875. The maximum atomic E-state index is 11.0. The lowest BCUT2D eigenvalue weighted by atomic mass is 10.2. The van der Waals surface area contributed by atoms with Gasteiger partial charge in [-0.1, -0.05) is 0 Å². The van der Waals surface area contributed by atoms with E-state index in [0.29, 0.717) is 12.5 Å². The van der Waals surface area contributed by atoms with Crippen molar-refractivity contribution in [1.29, 1.82) is 0 Å². The predicted molar refractivity (Wildman–Crippen MR) is 46.6 cm³/mol. The summed E-state index contributed by atoms with van der Waals surface area (Å²) < 4.78 is 15.2. The molecule has 1 heterocycles. The van der Waals surface area contributed by atoms with Crippen LogP contribution in [-0.4, -0.2) is 37.5 Å². The van der Waals surface area contributed by atoms with Gasteiger partial charge in [-0.15, -0.1) is 11.6 Å². The van der Waals surface area contributed by atoms with Gasteiger partial charge in [-0.2, -0.15) is 0 Å². The largest absolute Gasteiger partial charge is 0.469 e. The SMILES string of the molecule is COC(=O)C[C@@]1(C)OC[C@@H](CCl)O1. The minimum absolute atomic E-state index is 0.0941. The Balaban J connectivity index is 2.44. The number of halogens is 1. The molecule has 1 aliphatic rings. The van der Waals surface area contributed by atoms with Crippen LogP contribution in [0.4, 0.5) is 0 Å². The first-order valence-electron chi connectivity index (χ1n) is 4.04. The summed E-state index contributed by atoms with van der Waals surface area (Å²) in [6.07, 6.45) is -0.0343. The second-order valence-corrected chi connectivity index (χ2v) is 3.40. The molecule has 76 valence electrons. The van der Waals surface area contributed by atoms with Gasteiger partial charge in [-0.25, -0.2) is 0 Å². The summed E-state index contributed by atoms with van der Waals surface area (Å²) in [4.78, 5) is 11.0. The van der Waals surface area contributed by atoms with E-state index in [-0.39, 0.29) is 18.5 Å². The third-order valence-corrected chi connectivity index (χ3v) is 2.20. The molecule has 0 aromatic rings. The first-order chi connectivity index (χ1) is 6.09. The van der Waals surface area contributed by atoms with Crippen molar-refractivity contribution in [2.45, 2.75) is 25.2 Å². The quantitative estimate of drug-likeness (QED) is 0.511. The fourth-order valence-corrected chi connectivity index (χ4v) is 1.35. The Hall–Kier alpha value is -0.320. The minimum Gasteiger partial charge on any atom is -0.469 e. The van der Waals surface area contributed by atoms with Crippen molar-refractivity contribution in [2.24, 2.45) is 0 Å². The van der Waals surface area contributed by atoms with E-state index >= 15 is 0 Å². The van der Waals surface area contributed by atoms with Crippen LogP contribution in [0.2, 0.25) is 0 Å². The summed E-state index contributed by atoms with van der Waals surface area (Å²) in [5.41, 5.74) is 0. The topological polar surface area (TPSA) is 44.8 Å². The molecule has 1 saturated heterocycles. The Labute approximate surface area is 82.1 Å². The van der Waals surface area contributed by atoms with Gasteiger partial charge in [0, 0.05) is 0 Å². The first kappa shape index (κ1) is 10.8. The lowest BCUT2D eigenvalue weighted by Crippen LogP contribution is -2.30. The number of alkyl halides is 1. The van der Waals surface area contributed by atoms with E-state index in [4.69, 9.17) is 21.1 Å². The average molecular weight is 209 g/mol. The van der Waals surface area contributed by atoms with Crippen LogP contribution in [0.5, 0.6) is 0 Å². The van der Waals surface area contributed by atoms with Crippen molar-refractivity contribution in [3.63, 3.8) is 0 Å². The van der Waals surface area contributed by atoms with E-state index in [2.05, 4.69) is 4.74 Å². The highest BCUT2D eigenvalue weighted by Crippen LogP contribution is 2.27. The van der Waals surface area contributed by atoms with Gasteiger partial charge in [-0.05, 0) is 6.92 Å². The van der Waals surface area contributed by atoms with Crippen LogP contribution in [0.15, 0.2) is 0 Å². The zero-order chi connectivity index (χ0) is 9.90. The first-order valence-corrected chi connectivity index (χ1v) is 4.57. The monoisotopic (exact) mass is 208 g/mol. The van der Waals surface area contributed by atoms with Crippen molar-refractivity contribution >= 4 is 17.6 Å². The smallest absolute Gasteiger partial charge is 0.310 e. The molecule has 4 nitrogen and oxygen atoms in total. The minimum atomic E-state index is -0.868. The molecule has 0 bridgehead atoms. The maximum absolute atomic E-state index is 11.0. The zero-order valence-corrected chi connectivity index (χ0v) is 8.47. The van der Waals surface area contributed by atoms with E-state index in [0.717, 1.165) is 0 Å². The molecule has 0 unspecified atom stereocenters. The number of ether oxygens (including phenoxy) is 3. The highest BCUT2D eigenvalue weighted by atomic mass is 35.5. The molecule has 0 spiro atoms. The molecule has 13 heavy (non-hydrogen) atoms. The summed E-state index contributed by atoms with van der Waals surface area (Å²) in [7, 11) is 1.33. The highest BCUT2D eigenvalue weighted by Gasteiger charge is 2.39. The Morgan fingerprint density at radius 2 is 2.46 bits per heavy atom. The van der Waals surface area contributed by atoms with Gasteiger partial charge in [0.1, 0.15) is 0 Å². The van der Waals surface area contributed by atoms with Crippen LogP contribution >= 0.6 is 11.6 Å². The van der Waals surface area contributed by atoms with Crippen molar-refractivity contribution in [2.75, 3.05) is 19.6 Å². The molecule has 0 aliphatic carbocycles. The van der Waals surface area contributed by atoms with Gasteiger partial charge in [0.2, 0.25) is 0 Å². The Morgan fingerprint density at radius 3 is 2.92 bits per heavy atom. The van der Waals surface area contributed by atoms with Crippen molar-refractivity contribution in [1.82, 2.24) is 0 Å². The van der Waals surface area contributed by atoms with Gasteiger partial charge in [0.25, 0.3) is 0 Å². The van der Waals surface area contributed by atoms with E-state index in [9.17, 15) is 4.79 Å². The lowest BCUT2D eigenvalue weighted by molar-refractivity contribution is -0.177. The third-order valence-electron chi connectivity index (χ3n) is 1.86. The number of rotatable bonds is 3. The standard InChI is InChI=1S/C8H13ClO4/c1-8(3-7(10)11-2)12-5-6(4-9)13-8/h6H,3-5H2,1-2H3/t6-,8+/m1/s1. The highest BCUT2D eigenvalue weighted by molar-refractivity contribution is 6.18. The Morgan fingerprint density at radius 1 is 1.77 bits per heavy atom. The molecule has 1 fully saturated rings. The normalized spacial score (nSPS) is 33.3. The van der Waals surface area contributed by atoms with Gasteiger partial charge in [0.05, 0.1) is 32.1 Å². The van der Waals surface area contributed by atoms with Crippen LogP contribution in [0.1, 0.15) is 13.3 Å². The van der Waals surface area contributed by atoms with Gasteiger partial charge >= 0.3 is 5.97 Å². The van der Waals surface area contributed by atoms with Crippen LogP contribution < -0.4 is 0 Å². The summed E-state index contributed by atoms with van der Waals surface area (Å²) >= 11 is 5.58. The lowest BCUT2D eigenvalue weighted by Gasteiger charge is -2.21. The summed E-state index contributed by atoms with van der Waals surface area (Å²) in [6.45, 7) is 2.13. The Kier molecular flexibility index (Phi) is 3.53. The van der Waals surface area contributed by atoms with Crippen molar-refractivity contribution in [3.8, 4) is 0 Å². The molecule has 1 rings (SSSR count). The fourth-order valence-electron chi connectivity index (χ4n) is 1.19. The number of carbonyl (C=O) groups is 1. The van der Waals surface area contributed by atoms with E-state index < -0.39 is 5.79 Å². The molecule has 0 aromatic carbocycles. The van der Waals surface area contributed by atoms with Gasteiger partial charge in [0.15, 0.2) is 5.79 Å². The summed E-state index contributed by atoms with van der Waals surface area (Å²) in [5, 5.41) is 0. The number of hydrogen-bond donors (Lipinski definition) is 0.